The molecule has 14 heavy (non-hydrogen) atoms. The molecule has 0 bridgehead atoms. The van der Waals surface area contributed by atoms with Crippen LogP contribution in [0.3, 0.4) is 0 Å². The van der Waals surface area contributed by atoms with E-state index < -0.39 is 0 Å². The van der Waals surface area contributed by atoms with Gasteiger partial charge >= 0.3 is 0 Å². The Morgan fingerprint density at radius 2 is 2.07 bits per heavy atom. The minimum absolute atomic E-state index is 0.307. The van der Waals surface area contributed by atoms with Crippen LogP contribution in [0.2, 0.25) is 10.0 Å². The summed E-state index contributed by atoms with van der Waals surface area (Å²) in [4.78, 5) is 0. The van der Waals surface area contributed by atoms with Crippen molar-refractivity contribution in [2.24, 2.45) is 0 Å². The van der Waals surface area contributed by atoms with Crippen LogP contribution in [0.15, 0.2) is 18.2 Å². The number of hydrogen-bond donors (Lipinski definition) is 1. The first-order valence-corrected chi connectivity index (χ1v) is 5.51. The standard InChI is InChI=1S/C11H14Cl2O/c1-2-3-10(14)6-8-4-5-9(12)7-11(8)13/h4-5,7,10,14H,2-3,6H2,1H3/t10-/m0/s1. The van der Waals surface area contributed by atoms with Crippen LogP contribution >= 0.6 is 23.2 Å². The summed E-state index contributed by atoms with van der Waals surface area (Å²) in [5, 5.41) is 10.9. The van der Waals surface area contributed by atoms with Crippen molar-refractivity contribution in [1.82, 2.24) is 0 Å². The van der Waals surface area contributed by atoms with Crippen molar-refractivity contribution in [3.05, 3.63) is 33.8 Å². The highest BCUT2D eigenvalue weighted by Crippen LogP contribution is 2.22. The Kier molecular flexibility index (Phi) is 4.73. The average molecular weight is 233 g/mol. The first kappa shape index (κ1) is 11.8. The van der Waals surface area contributed by atoms with Crippen molar-refractivity contribution in [3.8, 4) is 0 Å². The third kappa shape index (κ3) is 3.49. The molecule has 0 heterocycles. The van der Waals surface area contributed by atoms with Crippen molar-refractivity contribution in [3.63, 3.8) is 0 Å². The predicted molar refractivity (Wildman–Crippen MR) is 61.1 cm³/mol. The second-order valence-corrected chi connectivity index (χ2v) is 4.23. The summed E-state index contributed by atoms with van der Waals surface area (Å²) in [5.74, 6) is 0. The topological polar surface area (TPSA) is 20.2 Å². The number of aliphatic hydroxyl groups is 1. The van der Waals surface area contributed by atoms with Gasteiger partial charge in [-0.15, -0.1) is 0 Å². The van der Waals surface area contributed by atoms with Gasteiger partial charge in [0.1, 0.15) is 0 Å². The Morgan fingerprint density at radius 1 is 1.36 bits per heavy atom. The highest BCUT2D eigenvalue weighted by molar-refractivity contribution is 6.35. The van der Waals surface area contributed by atoms with Crippen molar-refractivity contribution in [2.75, 3.05) is 0 Å². The lowest BCUT2D eigenvalue weighted by Gasteiger charge is -2.10. The fraction of sp³-hybridized carbons (Fsp3) is 0.455. The molecule has 1 atom stereocenters. The molecule has 3 heteroatoms. The molecule has 0 saturated carbocycles. The van der Waals surface area contributed by atoms with Gasteiger partial charge in [0.15, 0.2) is 0 Å². The normalized spacial score (nSPS) is 12.9. The van der Waals surface area contributed by atoms with Gasteiger partial charge in [-0.2, -0.15) is 0 Å². The SMILES string of the molecule is CCC[C@H](O)Cc1ccc(Cl)cc1Cl. The van der Waals surface area contributed by atoms with E-state index in [4.69, 9.17) is 23.2 Å². The van der Waals surface area contributed by atoms with Gasteiger partial charge in [0.25, 0.3) is 0 Å². The largest absolute Gasteiger partial charge is 0.393 e. The molecule has 0 unspecified atom stereocenters. The van der Waals surface area contributed by atoms with E-state index >= 15 is 0 Å². The maximum absolute atomic E-state index is 9.60. The smallest absolute Gasteiger partial charge is 0.0581 e. The number of benzene rings is 1. The predicted octanol–water partition coefficient (Wildman–Crippen LogP) is 3.70. The third-order valence-corrected chi connectivity index (χ3v) is 2.68. The molecular formula is C11H14Cl2O. The Labute approximate surface area is 94.7 Å². The van der Waals surface area contributed by atoms with Gasteiger partial charge in [-0.05, 0) is 30.5 Å². The van der Waals surface area contributed by atoms with Gasteiger partial charge in [0.05, 0.1) is 6.10 Å². The van der Waals surface area contributed by atoms with E-state index in [0.717, 1.165) is 18.4 Å². The fourth-order valence-electron chi connectivity index (χ4n) is 1.38. The van der Waals surface area contributed by atoms with Gasteiger partial charge in [0, 0.05) is 10.0 Å². The van der Waals surface area contributed by atoms with Crippen LogP contribution in [-0.2, 0) is 6.42 Å². The molecule has 0 aliphatic heterocycles. The Bertz CT molecular complexity index is 299. The molecule has 0 amide bonds. The van der Waals surface area contributed by atoms with Crippen LogP contribution < -0.4 is 0 Å². The van der Waals surface area contributed by atoms with E-state index in [0.29, 0.717) is 16.5 Å². The molecule has 0 saturated heterocycles. The molecule has 0 fully saturated rings. The molecule has 78 valence electrons. The zero-order valence-electron chi connectivity index (χ0n) is 8.13. The van der Waals surface area contributed by atoms with Gasteiger partial charge in [0.2, 0.25) is 0 Å². The minimum Gasteiger partial charge on any atom is -0.393 e. The monoisotopic (exact) mass is 232 g/mol. The molecule has 0 aromatic heterocycles. The first-order chi connectivity index (χ1) is 6.63. The van der Waals surface area contributed by atoms with Gasteiger partial charge in [-0.1, -0.05) is 42.6 Å². The number of aliphatic hydroxyl groups excluding tert-OH is 1. The molecule has 0 aliphatic rings. The zero-order valence-corrected chi connectivity index (χ0v) is 9.65. The van der Waals surface area contributed by atoms with Crippen LogP contribution in [0.25, 0.3) is 0 Å². The van der Waals surface area contributed by atoms with Crippen molar-refractivity contribution < 1.29 is 5.11 Å². The Balaban J connectivity index is 2.67. The molecule has 1 aromatic rings. The third-order valence-electron chi connectivity index (χ3n) is 2.09. The fourth-order valence-corrected chi connectivity index (χ4v) is 1.86. The quantitative estimate of drug-likeness (QED) is 0.840. The van der Waals surface area contributed by atoms with E-state index in [1.165, 1.54) is 0 Å². The second kappa shape index (κ2) is 5.59. The highest BCUT2D eigenvalue weighted by atomic mass is 35.5. The van der Waals surface area contributed by atoms with E-state index in [9.17, 15) is 5.11 Å². The molecule has 1 rings (SSSR count). The lowest BCUT2D eigenvalue weighted by molar-refractivity contribution is 0.164. The van der Waals surface area contributed by atoms with Crippen molar-refractivity contribution in [1.29, 1.82) is 0 Å². The summed E-state index contributed by atoms with van der Waals surface area (Å²) in [7, 11) is 0. The summed E-state index contributed by atoms with van der Waals surface area (Å²) in [6, 6.07) is 5.36. The molecule has 1 nitrogen and oxygen atoms in total. The van der Waals surface area contributed by atoms with E-state index in [-0.39, 0.29) is 6.10 Å². The van der Waals surface area contributed by atoms with Gasteiger partial charge in [-0.3, -0.25) is 0 Å². The number of halogens is 2. The Morgan fingerprint density at radius 3 is 2.64 bits per heavy atom. The summed E-state index contributed by atoms with van der Waals surface area (Å²) >= 11 is 11.7. The average Bonchev–Trinajstić information content (AvgIpc) is 2.10. The van der Waals surface area contributed by atoms with Crippen LogP contribution in [0.4, 0.5) is 0 Å². The zero-order chi connectivity index (χ0) is 10.6. The van der Waals surface area contributed by atoms with Crippen molar-refractivity contribution >= 4 is 23.2 Å². The molecule has 1 aromatic carbocycles. The molecule has 0 spiro atoms. The van der Waals surface area contributed by atoms with Crippen LogP contribution in [0.5, 0.6) is 0 Å². The maximum atomic E-state index is 9.60. The summed E-state index contributed by atoms with van der Waals surface area (Å²) in [6.45, 7) is 2.05. The van der Waals surface area contributed by atoms with Crippen LogP contribution in [-0.4, -0.2) is 11.2 Å². The number of rotatable bonds is 4. The minimum atomic E-state index is -0.307. The van der Waals surface area contributed by atoms with E-state index in [1.807, 2.05) is 13.0 Å². The van der Waals surface area contributed by atoms with Crippen molar-refractivity contribution in [2.45, 2.75) is 32.3 Å². The summed E-state index contributed by atoms with van der Waals surface area (Å²) in [5.41, 5.74) is 0.956. The maximum Gasteiger partial charge on any atom is 0.0581 e. The molecule has 0 aliphatic carbocycles. The summed E-state index contributed by atoms with van der Waals surface area (Å²) < 4.78 is 0. The van der Waals surface area contributed by atoms with Gasteiger partial charge in [-0.25, -0.2) is 0 Å². The first-order valence-electron chi connectivity index (χ1n) is 4.75. The Hall–Kier alpha value is -0.240. The molecular weight excluding hydrogens is 219 g/mol. The van der Waals surface area contributed by atoms with Gasteiger partial charge < -0.3 is 5.11 Å². The molecule has 1 N–H and O–H groups in total. The van der Waals surface area contributed by atoms with Crippen LogP contribution in [0.1, 0.15) is 25.3 Å². The second-order valence-electron chi connectivity index (χ2n) is 3.38. The lowest BCUT2D eigenvalue weighted by Crippen LogP contribution is -2.09. The number of hydrogen-bond acceptors (Lipinski definition) is 1. The van der Waals surface area contributed by atoms with E-state index in [2.05, 4.69) is 0 Å². The summed E-state index contributed by atoms with van der Waals surface area (Å²) in [6.07, 6.45) is 2.08. The van der Waals surface area contributed by atoms with Crippen LogP contribution in [0, 0.1) is 0 Å². The highest BCUT2D eigenvalue weighted by Gasteiger charge is 2.07. The lowest BCUT2D eigenvalue weighted by atomic mass is 10.0. The molecule has 0 radical (unpaired) electrons. The van der Waals surface area contributed by atoms with E-state index in [1.54, 1.807) is 12.1 Å².